The van der Waals surface area contributed by atoms with Gasteiger partial charge in [0.15, 0.2) is 11.5 Å². The predicted molar refractivity (Wildman–Crippen MR) is 97.7 cm³/mol. The SMILES string of the molecule is O=C(C1=C(O)C(=O)N(CCCN2CCOCC2)[C@@H]1c1ccco1)c1ccco1. The zero-order valence-corrected chi connectivity index (χ0v) is 15.4. The Hall–Kier alpha value is -2.84. The van der Waals surface area contributed by atoms with E-state index in [-0.39, 0.29) is 11.3 Å². The molecule has 0 spiro atoms. The van der Waals surface area contributed by atoms with Gasteiger partial charge in [-0.05, 0) is 30.7 Å². The lowest BCUT2D eigenvalue weighted by atomic mass is 9.99. The number of morpholine rings is 1. The van der Waals surface area contributed by atoms with E-state index in [2.05, 4.69) is 4.90 Å². The van der Waals surface area contributed by atoms with Gasteiger partial charge in [-0.3, -0.25) is 14.5 Å². The van der Waals surface area contributed by atoms with Crippen molar-refractivity contribution >= 4 is 11.7 Å². The summed E-state index contributed by atoms with van der Waals surface area (Å²) in [6.07, 6.45) is 3.57. The van der Waals surface area contributed by atoms with Crippen LogP contribution in [0.3, 0.4) is 0 Å². The number of carbonyl (C=O) groups is 2. The molecule has 2 aromatic rings. The van der Waals surface area contributed by atoms with Crippen molar-refractivity contribution in [3.63, 3.8) is 0 Å². The molecule has 1 saturated heterocycles. The number of ketones is 1. The second kappa shape index (κ2) is 8.04. The van der Waals surface area contributed by atoms with Crippen molar-refractivity contribution in [2.75, 3.05) is 39.4 Å². The number of furan rings is 2. The van der Waals surface area contributed by atoms with E-state index >= 15 is 0 Å². The van der Waals surface area contributed by atoms with Crippen LogP contribution in [0.2, 0.25) is 0 Å². The predicted octanol–water partition coefficient (Wildman–Crippen LogP) is 2.17. The molecule has 0 saturated carbocycles. The van der Waals surface area contributed by atoms with Crippen LogP contribution in [-0.4, -0.2) is 66.0 Å². The van der Waals surface area contributed by atoms with Gasteiger partial charge in [0.2, 0.25) is 5.78 Å². The third-order valence-corrected chi connectivity index (χ3v) is 5.08. The molecule has 2 aromatic heterocycles. The Bertz CT molecular complexity index is 849. The molecule has 0 radical (unpaired) electrons. The minimum absolute atomic E-state index is 0.0127. The molecule has 1 amide bonds. The molecule has 2 aliphatic heterocycles. The van der Waals surface area contributed by atoms with Gasteiger partial charge in [0.1, 0.15) is 11.8 Å². The van der Waals surface area contributed by atoms with E-state index < -0.39 is 23.5 Å². The maximum atomic E-state index is 12.9. The average molecular weight is 386 g/mol. The van der Waals surface area contributed by atoms with E-state index in [9.17, 15) is 14.7 Å². The third kappa shape index (κ3) is 3.48. The largest absolute Gasteiger partial charge is 0.503 e. The molecule has 1 fully saturated rings. The van der Waals surface area contributed by atoms with Crippen LogP contribution in [0.15, 0.2) is 57.0 Å². The standard InChI is InChI=1S/C20H22N2O6/c23-18(15-5-2-11-28-15)16-17(14-4-1-10-27-14)22(20(25)19(16)24)7-3-6-21-8-12-26-13-9-21/h1-2,4-5,10-11,17,24H,3,6-9,12-13H2/t17-/m1/s1. The summed E-state index contributed by atoms with van der Waals surface area (Å²) in [4.78, 5) is 29.4. The number of ether oxygens (including phenoxy) is 1. The average Bonchev–Trinajstić information content (AvgIpc) is 3.46. The van der Waals surface area contributed by atoms with Gasteiger partial charge in [-0.25, -0.2) is 0 Å². The highest BCUT2D eigenvalue weighted by atomic mass is 16.5. The summed E-state index contributed by atoms with van der Waals surface area (Å²) in [5.74, 6) is -1.14. The third-order valence-electron chi connectivity index (χ3n) is 5.08. The van der Waals surface area contributed by atoms with Crippen LogP contribution in [0.4, 0.5) is 0 Å². The second-order valence-electron chi connectivity index (χ2n) is 6.79. The summed E-state index contributed by atoms with van der Waals surface area (Å²) in [5.41, 5.74) is -0.0127. The lowest BCUT2D eigenvalue weighted by Gasteiger charge is -2.29. The first kappa shape index (κ1) is 18.5. The fraction of sp³-hybridized carbons (Fsp3) is 0.400. The number of aliphatic hydroxyl groups excluding tert-OH is 1. The Morgan fingerprint density at radius 3 is 2.54 bits per heavy atom. The monoisotopic (exact) mass is 386 g/mol. The Balaban J connectivity index is 1.54. The Labute approximate surface area is 162 Å². The number of carbonyl (C=O) groups excluding carboxylic acids is 2. The van der Waals surface area contributed by atoms with Crippen LogP contribution in [0.1, 0.15) is 28.8 Å². The minimum atomic E-state index is -0.773. The summed E-state index contributed by atoms with van der Waals surface area (Å²) in [5, 5.41) is 10.5. The topological polar surface area (TPSA) is 96.4 Å². The molecule has 0 bridgehead atoms. The molecule has 0 unspecified atom stereocenters. The molecule has 0 aliphatic carbocycles. The lowest BCUT2D eigenvalue weighted by molar-refractivity contribution is -0.129. The number of amides is 1. The molecule has 8 nitrogen and oxygen atoms in total. The fourth-order valence-electron chi connectivity index (χ4n) is 3.69. The number of aliphatic hydroxyl groups is 1. The molecule has 0 aromatic carbocycles. The van der Waals surface area contributed by atoms with Crippen LogP contribution in [-0.2, 0) is 9.53 Å². The first-order chi connectivity index (χ1) is 13.7. The number of rotatable bonds is 7. The first-order valence-electron chi connectivity index (χ1n) is 9.32. The number of hydrogen-bond donors (Lipinski definition) is 1. The van der Waals surface area contributed by atoms with Crippen LogP contribution in [0.5, 0.6) is 0 Å². The zero-order chi connectivity index (χ0) is 19.5. The highest BCUT2D eigenvalue weighted by Crippen LogP contribution is 2.39. The lowest BCUT2D eigenvalue weighted by Crippen LogP contribution is -2.39. The van der Waals surface area contributed by atoms with Crippen molar-refractivity contribution in [1.82, 2.24) is 9.80 Å². The Kier molecular flexibility index (Phi) is 5.31. The smallest absolute Gasteiger partial charge is 0.290 e. The summed E-state index contributed by atoms with van der Waals surface area (Å²) >= 11 is 0. The molecule has 8 heteroatoms. The summed E-state index contributed by atoms with van der Waals surface area (Å²) in [6.45, 7) is 4.34. The Morgan fingerprint density at radius 1 is 1.11 bits per heavy atom. The van der Waals surface area contributed by atoms with E-state index in [4.69, 9.17) is 13.6 Å². The molecule has 1 N–H and O–H groups in total. The van der Waals surface area contributed by atoms with Crippen molar-refractivity contribution < 1.29 is 28.3 Å². The number of nitrogens with zero attached hydrogens (tertiary/aromatic N) is 2. The summed E-state index contributed by atoms with van der Waals surface area (Å²) < 4.78 is 16.0. The van der Waals surface area contributed by atoms with Gasteiger partial charge in [0.05, 0.1) is 31.3 Å². The Morgan fingerprint density at radius 2 is 1.86 bits per heavy atom. The van der Waals surface area contributed by atoms with Gasteiger partial charge < -0.3 is 23.6 Å². The molecule has 148 valence electrons. The van der Waals surface area contributed by atoms with Crippen molar-refractivity contribution in [2.24, 2.45) is 0 Å². The highest BCUT2D eigenvalue weighted by molar-refractivity contribution is 6.14. The molecular weight excluding hydrogens is 364 g/mol. The zero-order valence-electron chi connectivity index (χ0n) is 15.4. The molecule has 1 atom stereocenters. The van der Waals surface area contributed by atoms with Crippen LogP contribution >= 0.6 is 0 Å². The first-order valence-corrected chi connectivity index (χ1v) is 9.32. The quantitative estimate of drug-likeness (QED) is 0.729. The van der Waals surface area contributed by atoms with Gasteiger partial charge in [-0.15, -0.1) is 0 Å². The second-order valence-corrected chi connectivity index (χ2v) is 6.79. The number of Topliss-reactive ketones (excluding diaryl/α,β-unsaturated/α-hetero) is 1. The number of hydrogen-bond acceptors (Lipinski definition) is 7. The molecule has 28 heavy (non-hydrogen) atoms. The summed E-state index contributed by atoms with van der Waals surface area (Å²) in [7, 11) is 0. The maximum absolute atomic E-state index is 12.9. The van der Waals surface area contributed by atoms with Crippen LogP contribution < -0.4 is 0 Å². The van der Waals surface area contributed by atoms with Gasteiger partial charge in [-0.2, -0.15) is 0 Å². The maximum Gasteiger partial charge on any atom is 0.290 e. The van der Waals surface area contributed by atoms with Gasteiger partial charge in [0.25, 0.3) is 5.91 Å². The van der Waals surface area contributed by atoms with Gasteiger partial charge in [0, 0.05) is 26.2 Å². The molecule has 2 aliphatic rings. The van der Waals surface area contributed by atoms with Crippen molar-refractivity contribution in [2.45, 2.75) is 12.5 Å². The highest BCUT2D eigenvalue weighted by Gasteiger charge is 2.45. The van der Waals surface area contributed by atoms with E-state index in [1.54, 1.807) is 18.2 Å². The molecular formula is C20H22N2O6. The van der Waals surface area contributed by atoms with E-state index in [0.29, 0.717) is 31.9 Å². The van der Waals surface area contributed by atoms with Crippen LogP contribution in [0.25, 0.3) is 0 Å². The van der Waals surface area contributed by atoms with E-state index in [1.807, 2.05) is 0 Å². The fourth-order valence-corrected chi connectivity index (χ4v) is 3.69. The van der Waals surface area contributed by atoms with E-state index in [0.717, 1.165) is 19.6 Å². The van der Waals surface area contributed by atoms with Crippen molar-refractivity contribution in [3.05, 3.63) is 59.6 Å². The van der Waals surface area contributed by atoms with Crippen molar-refractivity contribution in [3.8, 4) is 0 Å². The van der Waals surface area contributed by atoms with Gasteiger partial charge >= 0.3 is 0 Å². The molecule has 4 heterocycles. The van der Waals surface area contributed by atoms with Crippen LogP contribution in [0, 0.1) is 0 Å². The normalized spacial score (nSPS) is 20.9. The summed E-state index contributed by atoms with van der Waals surface area (Å²) in [6, 6.07) is 5.71. The van der Waals surface area contributed by atoms with E-state index in [1.165, 1.54) is 23.5 Å². The molecule has 4 rings (SSSR count). The van der Waals surface area contributed by atoms with Gasteiger partial charge in [-0.1, -0.05) is 0 Å². The minimum Gasteiger partial charge on any atom is -0.503 e. The van der Waals surface area contributed by atoms with Crippen molar-refractivity contribution in [1.29, 1.82) is 0 Å².